The number of halogens is 1. The SMILES string of the molecule is CC(C)(C)[Si](OCCCC[P+](c1ccccc1)(c1ccccc1)c1ccccc1)(c1ccccc1)c1ccccc1.[I-]. The summed E-state index contributed by atoms with van der Waals surface area (Å²) in [6.07, 6.45) is 3.25. The summed E-state index contributed by atoms with van der Waals surface area (Å²) >= 11 is 0. The number of unbranched alkanes of at least 4 members (excludes halogenated alkanes) is 1. The molecular formula is C38H42IOPSi. The van der Waals surface area contributed by atoms with Gasteiger partial charge in [-0.25, -0.2) is 0 Å². The van der Waals surface area contributed by atoms with Gasteiger partial charge < -0.3 is 28.4 Å². The van der Waals surface area contributed by atoms with E-state index in [1.807, 2.05) is 0 Å². The third-order valence-electron chi connectivity index (χ3n) is 8.21. The Morgan fingerprint density at radius 3 is 1.17 bits per heavy atom. The first-order valence-electron chi connectivity index (χ1n) is 14.8. The van der Waals surface area contributed by atoms with E-state index in [9.17, 15) is 0 Å². The van der Waals surface area contributed by atoms with E-state index in [0.29, 0.717) is 0 Å². The lowest BCUT2D eigenvalue weighted by molar-refractivity contribution is -0.00000886. The van der Waals surface area contributed by atoms with Crippen LogP contribution in [0.2, 0.25) is 5.04 Å². The van der Waals surface area contributed by atoms with Crippen molar-refractivity contribution in [2.45, 2.75) is 38.7 Å². The van der Waals surface area contributed by atoms with E-state index in [1.165, 1.54) is 26.3 Å². The zero-order valence-corrected chi connectivity index (χ0v) is 29.0. The highest BCUT2D eigenvalue weighted by atomic mass is 127. The minimum atomic E-state index is -2.53. The van der Waals surface area contributed by atoms with E-state index in [1.54, 1.807) is 0 Å². The minimum Gasteiger partial charge on any atom is -1.00 e. The Labute approximate surface area is 271 Å². The van der Waals surface area contributed by atoms with E-state index >= 15 is 0 Å². The van der Waals surface area contributed by atoms with Crippen molar-refractivity contribution in [2.24, 2.45) is 0 Å². The molecule has 0 aliphatic heterocycles. The maximum absolute atomic E-state index is 7.25. The van der Waals surface area contributed by atoms with Crippen LogP contribution in [0.4, 0.5) is 0 Å². The Morgan fingerprint density at radius 2 is 0.833 bits per heavy atom. The third kappa shape index (κ3) is 6.65. The van der Waals surface area contributed by atoms with Gasteiger partial charge in [0.25, 0.3) is 8.32 Å². The molecule has 42 heavy (non-hydrogen) atoms. The first-order valence-corrected chi connectivity index (χ1v) is 18.7. The zero-order chi connectivity index (χ0) is 28.6. The maximum atomic E-state index is 7.25. The van der Waals surface area contributed by atoms with Gasteiger partial charge in [0.15, 0.2) is 0 Å². The second-order valence-electron chi connectivity index (χ2n) is 11.8. The van der Waals surface area contributed by atoms with Crippen molar-refractivity contribution in [1.29, 1.82) is 0 Å². The van der Waals surface area contributed by atoms with Crippen molar-refractivity contribution in [2.75, 3.05) is 12.8 Å². The van der Waals surface area contributed by atoms with Gasteiger partial charge in [0.2, 0.25) is 0 Å². The summed E-state index contributed by atoms with van der Waals surface area (Å²) in [5, 5.41) is 7.03. The van der Waals surface area contributed by atoms with E-state index in [2.05, 4.69) is 172 Å². The van der Waals surface area contributed by atoms with Gasteiger partial charge in [-0.15, -0.1) is 0 Å². The Bertz CT molecular complexity index is 1340. The van der Waals surface area contributed by atoms with E-state index in [0.717, 1.165) is 25.6 Å². The van der Waals surface area contributed by atoms with Crippen LogP contribution in [-0.4, -0.2) is 21.1 Å². The minimum absolute atomic E-state index is 0. The molecule has 0 fully saturated rings. The average Bonchev–Trinajstić information content (AvgIpc) is 3.02. The number of hydrogen-bond donors (Lipinski definition) is 0. The first-order chi connectivity index (χ1) is 20.0. The number of benzene rings is 5. The summed E-state index contributed by atoms with van der Waals surface area (Å²) in [5.74, 6) is 0. The molecule has 0 amide bonds. The highest BCUT2D eigenvalue weighted by Gasteiger charge is 2.50. The van der Waals surface area contributed by atoms with Crippen molar-refractivity contribution in [1.82, 2.24) is 0 Å². The highest BCUT2D eigenvalue weighted by Crippen LogP contribution is 2.56. The Kier molecular flexibility index (Phi) is 11.4. The Hall–Kier alpha value is -2.56. The molecule has 0 bridgehead atoms. The first kappa shape index (κ1) is 32.4. The second kappa shape index (κ2) is 14.7. The molecule has 0 atom stereocenters. The Balaban J connectivity index is 0.00000405. The summed E-state index contributed by atoms with van der Waals surface area (Å²) in [6.45, 7) is 7.83. The topological polar surface area (TPSA) is 9.23 Å². The normalized spacial score (nSPS) is 12.0. The van der Waals surface area contributed by atoms with Crippen molar-refractivity contribution < 1.29 is 28.4 Å². The molecule has 0 N–H and O–H groups in total. The zero-order valence-electron chi connectivity index (χ0n) is 25.0. The molecule has 0 saturated carbocycles. The molecular weight excluding hydrogens is 658 g/mol. The van der Waals surface area contributed by atoms with Crippen LogP contribution in [0, 0.1) is 0 Å². The largest absolute Gasteiger partial charge is 1.00 e. The van der Waals surface area contributed by atoms with Gasteiger partial charge in [-0.05, 0) is 64.7 Å². The summed E-state index contributed by atoms with van der Waals surface area (Å²) < 4.78 is 7.25. The van der Waals surface area contributed by atoms with Gasteiger partial charge in [-0.1, -0.05) is 136 Å². The summed E-state index contributed by atoms with van der Waals surface area (Å²) in [5.41, 5.74) is 0. The molecule has 5 rings (SSSR count). The molecule has 0 unspecified atom stereocenters. The second-order valence-corrected chi connectivity index (χ2v) is 19.7. The van der Waals surface area contributed by atoms with Crippen molar-refractivity contribution in [3.63, 3.8) is 0 Å². The molecule has 0 aliphatic rings. The van der Waals surface area contributed by atoms with Crippen molar-refractivity contribution >= 4 is 41.9 Å². The van der Waals surface area contributed by atoms with Crippen LogP contribution in [0.25, 0.3) is 0 Å². The molecule has 4 heteroatoms. The number of rotatable bonds is 11. The van der Waals surface area contributed by atoms with Crippen LogP contribution in [0.3, 0.4) is 0 Å². The summed E-state index contributed by atoms with van der Waals surface area (Å²) in [7, 11) is -4.35. The smallest absolute Gasteiger partial charge is 0.261 e. The van der Waals surface area contributed by atoms with Gasteiger partial charge in [-0.3, -0.25) is 0 Å². The lowest BCUT2D eigenvalue weighted by Gasteiger charge is -2.43. The molecule has 0 aliphatic carbocycles. The van der Waals surface area contributed by atoms with Gasteiger partial charge in [0.05, 0.1) is 6.16 Å². The lowest BCUT2D eigenvalue weighted by Crippen LogP contribution is -3.00. The van der Waals surface area contributed by atoms with E-state index in [-0.39, 0.29) is 29.0 Å². The standard InChI is InChI=1S/C38H42OPSi.HI/c1-38(2,3)41(36-27-15-7-16-28-36,37-29-17-8-18-30-37)39-31-19-20-32-40(33-21-9-4-10-22-33,34-23-11-5-12-24-34)35-25-13-6-14-26-35;/h4-18,21-30H,19-20,31-32H2,1-3H3;1H/q+1;/p-1. The summed E-state index contributed by atoms with van der Waals surface area (Å²) in [4.78, 5) is 0. The maximum Gasteiger partial charge on any atom is 0.261 e. The molecule has 216 valence electrons. The van der Waals surface area contributed by atoms with Gasteiger partial charge in [-0.2, -0.15) is 0 Å². The number of hydrogen-bond acceptors (Lipinski definition) is 1. The van der Waals surface area contributed by atoms with Crippen LogP contribution >= 0.6 is 7.26 Å². The molecule has 0 saturated heterocycles. The fourth-order valence-corrected chi connectivity index (χ4v) is 15.3. The molecule has 5 aromatic carbocycles. The van der Waals surface area contributed by atoms with Crippen molar-refractivity contribution in [3.05, 3.63) is 152 Å². The molecule has 0 spiro atoms. The van der Waals surface area contributed by atoms with Gasteiger partial charge in [0, 0.05) is 6.61 Å². The lowest BCUT2D eigenvalue weighted by atomic mass is 10.2. The molecule has 0 aromatic heterocycles. The third-order valence-corrected chi connectivity index (χ3v) is 17.8. The fourth-order valence-electron chi connectivity index (χ4n) is 6.32. The molecule has 5 aromatic rings. The van der Waals surface area contributed by atoms with Crippen molar-refractivity contribution in [3.8, 4) is 0 Å². The quantitative estimate of drug-likeness (QED) is 0.0864. The molecule has 0 radical (unpaired) electrons. The Morgan fingerprint density at radius 1 is 0.500 bits per heavy atom. The van der Waals surface area contributed by atoms with Crippen LogP contribution in [0.15, 0.2) is 152 Å². The fraction of sp³-hybridized carbons (Fsp3) is 0.211. The predicted octanol–water partition coefficient (Wildman–Crippen LogP) is 4.34. The van der Waals surface area contributed by atoms with Gasteiger partial charge in [0.1, 0.15) is 23.2 Å². The van der Waals surface area contributed by atoms with Crippen LogP contribution in [0.5, 0.6) is 0 Å². The molecule has 1 nitrogen and oxygen atoms in total. The highest BCUT2D eigenvalue weighted by molar-refractivity contribution is 7.95. The van der Waals surface area contributed by atoms with Gasteiger partial charge >= 0.3 is 0 Å². The van der Waals surface area contributed by atoms with E-state index in [4.69, 9.17) is 4.43 Å². The van der Waals surface area contributed by atoms with Crippen LogP contribution in [-0.2, 0) is 4.43 Å². The monoisotopic (exact) mass is 700 g/mol. The van der Waals surface area contributed by atoms with Crippen LogP contribution in [0.1, 0.15) is 33.6 Å². The van der Waals surface area contributed by atoms with E-state index < -0.39 is 15.6 Å². The van der Waals surface area contributed by atoms with Crippen LogP contribution < -0.4 is 50.3 Å². The predicted molar refractivity (Wildman–Crippen MR) is 183 cm³/mol. The molecule has 0 heterocycles. The summed E-state index contributed by atoms with van der Waals surface area (Å²) in [6, 6.07) is 55.6. The average molecular weight is 701 g/mol.